The molecule has 1 heterocycles. The number of hydrogen-bond donors (Lipinski definition) is 1. The van der Waals surface area contributed by atoms with Crippen LogP contribution in [0.2, 0.25) is 5.02 Å². The van der Waals surface area contributed by atoms with E-state index >= 15 is 0 Å². The van der Waals surface area contributed by atoms with Crippen molar-refractivity contribution in [3.63, 3.8) is 0 Å². The number of carbonyl (C=O) groups excluding carboxylic acids is 3. The second kappa shape index (κ2) is 10.7. The van der Waals surface area contributed by atoms with Crippen molar-refractivity contribution in [3.8, 4) is 11.5 Å². The molecule has 0 bridgehead atoms. The summed E-state index contributed by atoms with van der Waals surface area (Å²) in [6.07, 6.45) is 1.55. The summed E-state index contributed by atoms with van der Waals surface area (Å²) >= 11 is 7.94. The van der Waals surface area contributed by atoms with Crippen LogP contribution in [-0.4, -0.2) is 37.7 Å². The van der Waals surface area contributed by atoms with Gasteiger partial charge < -0.3 is 19.5 Å². The van der Waals surface area contributed by atoms with Gasteiger partial charge in [-0.25, -0.2) is 14.5 Å². The highest BCUT2D eigenvalue weighted by Gasteiger charge is 2.34. The summed E-state index contributed by atoms with van der Waals surface area (Å²) in [5.41, 5.74) is 1.14. The van der Waals surface area contributed by atoms with Gasteiger partial charge in [0.2, 0.25) is 0 Å². The number of carbonyl (C=O) groups is 3. The number of esters is 1. The van der Waals surface area contributed by atoms with E-state index in [1.54, 1.807) is 49.4 Å². The van der Waals surface area contributed by atoms with Gasteiger partial charge in [-0.3, -0.25) is 4.79 Å². The summed E-state index contributed by atoms with van der Waals surface area (Å²) in [5, 5.41) is 3.08. The second-order valence-electron chi connectivity index (χ2n) is 6.46. The minimum absolute atomic E-state index is 0.114. The third kappa shape index (κ3) is 5.52. The molecule has 0 unspecified atom stereocenters. The molecule has 0 aliphatic carbocycles. The average Bonchev–Trinajstić information content (AvgIpc) is 3.01. The van der Waals surface area contributed by atoms with Crippen molar-refractivity contribution >= 4 is 63.9 Å². The number of nitrogens with one attached hydrogen (secondary N) is 1. The first-order chi connectivity index (χ1) is 15.3. The summed E-state index contributed by atoms with van der Waals surface area (Å²) < 4.78 is 16.8. The molecule has 1 aliphatic heterocycles. The number of anilines is 1. The van der Waals surface area contributed by atoms with Crippen molar-refractivity contribution in [1.29, 1.82) is 0 Å². The third-order valence-electron chi connectivity index (χ3n) is 4.25. The standard InChI is InChI=1S/C22H20ClIN2O6/c1-3-30-18-11-13(9-16(24)20(18)32-12-19(27)31-4-2)10-17-21(28)26(22(29)25-17)15-7-5-14(23)6-8-15/h5-11H,3-4,12H2,1-2H3,(H,25,29)/b17-10+. The van der Waals surface area contributed by atoms with Crippen molar-refractivity contribution in [2.24, 2.45) is 0 Å². The van der Waals surface area contributed by atoms with Gasteiger partial charge in [0.05, 0.1) is 22.5 Å². The van der Waals surface area contributed by atoms with Crippen LogP contribution in [0, 0.1) is 3.57 Å². The van der Waals surface area contributed by atoms with Gasteiger partial charge in [0, 0.05) is 5.02 Å². The molecule has 32 heavy (non-hydrogen) atoms. The van der Waals surface area contributed by atoms with Gasteiger partial charge in [-0.05, 0) is 84.5 Å². The number of hydrogen-bond acceptors (Lipinski definition) is 6. The van der Waals surface area contributed by atoms with E-state index in [2.05, 4.69) is 27.9 Å². The van der Waals surface area contributed by atoms with E-state index in [1.165, 1.54) is 0 Å². The summed E-state index contributed by atoms with van der Waals surface area (Å²) in [6, 6.07) is 9.25. The van der Waals surface area contributed by atoms with E-state index < -0.39 is 17.9 Å². The molecule has 10 heteroatoms. The highest BCUT2D eigenvalue weighted by molar-refractivity contribution is 14.1. The lowest BCUT2D eigenvalue weighted by Crippen LogP contribution is -2.30. The number of benzene rings is 2. The molecular formula is C22H20ClIN2O6. The quantitative estimate of drug-likeness (QED) is 0.219. The molecule has 0 saturated carbocycles. The largest absolute Gasteiger partial charge is 0.490 e. The molecule has 168 valence electrons. The maximum absolute atomic E-state index is 12.8. The van der Waals surface area contributed by atoms with Gasteiger partial charge in [0.15, 0.2) is 18.1 Å². The topological polar surface area (TPSA) is 94.2 Å². The lowest BCUT2D eigenvalue weighted by atomic mass is 10.1. The molecular weight excluding hydrogens is 551 g/mol. The van der Waals surface area contributed by atoms with Crippen molar-refractivity contribution in [1.82, 2.24) is 5.32 Å². The van der Waals surface area contributed by atoms with E-state index in [-0.39, 0.29) is 18.9 Å². The molecule has 1 N–H and O–H groups in total. The maximum atomic E-state index is 12.8. The van der Waals surface area contributed by atoms with E-state index in [1.807, 2.05) is 6.92 Å². The predicted molar refractivity (Wildman–Crippen MR) is 128 cm³/mol. The van der Waals surface area contributed by atoms with Gasteiger partial charge in [0.1, 0.15) is 5.70 Å². The molecule has 3 amide bonds. The molecule has 0 aromatic heterocycles. The van der Waals surface area contributed by atoms with Crippen molar-refractivity contribution in [2.75, 3.05) is 24.7 Å². The second-order valence-corrected chi connectivity index (χ2v) is 8.06. The van der Waals surface area contributed by atoms with Crippen molar-refractivity contribution in [3.05, 3.63) is 56.3 Å². The Balaban J connectivity index is 1.87. The fourth-order valence-electron chi connectivity index (χ4n) is 2.93. The SMILES string of the molecule is CCOC(=O)COc1c(I)cc(/C=C2/NC(=O)N(c3ccc(Cl)cc3)C2=O)cc1OCC. The number of imide groups is 1. The molecule has 0 atom stereocenters. The van der Waals surface area contributed by atoms with Crippen LogP contribution >= 0.6 is 34.2 Å². The molecule has 3 rings (SSSR count). The molecule has 1 fully saturated rings. The zero-order valence-electron chi connectivity index (χ0n) is 17.3. The number of rotatable bonds is 8. The molecule has 0 spiro atoms. The highest BCUT2D eigenvalue weighted by atomic mass is 127. The predicted octanol–water partition coefficient (Wildman–Crippen LogP) is 4.38. The first kappa shape index (κ1) is 23.9. The Kier molecular flexibility index (Phi) is 7.97. The fraction of sp³-hybridized carbons (Fsp3) is 0.227. The van der Waals surface area contributed by atoms with Crippen LogP contribution in [0.5, 0.6) is 11.5 Å². The summed E-state index contributed by atoms with van der Waals surface area (Å²) in [7, 11) is 0. The van der Waals surface area contributed by atoms with Crippen molar-refractivity contribution in [2.45, 2.75) is 13.8 Å². The lowest BCUT2D eigenvalue weighted by molar-refractivity contribution is -0.145. The van der Waals surface area contributed by atoms with Crippen LogP contribution < -0.4 is 19.7 Å². The molecule has 1 aliphatic rings. The molecule has 1 saturated heterocycles. The van der Waals surface area contributed by atoms with E-state index in [0.717, 1.165) is 4.90 Å². The van der Waals surface area contributed by atoms with E-state index in [9.17, 15) is 14.4 Å². The van der Waals surface area contributed by atoms with Crippen LogP contribution in [0.15, 0.2) is 42.1 Å². The number of halogens is 2. The molecule has 0 radical (unpaired) electrons. The normalized spacial score (nSPS) is 14.5. The summed E-state index contributed by atoms with van der Waals surface area (Å²) in [5.74, 6) is -0.180. The Labute approximate surface area is 203 Å². The molecule has 2 aromatic carbocycles. The van der Waals surface area contributed by atoms with Gasteiger partial charge >= 0.3 is 12.0 Å². The van der Waals surface area contributed by atoms with Gasteiger partial charge in [-0.1, -0.05) is 11.6 Å². The third-order valence-corrected chi connectivity index (χ3v) is 5.30. The van der Waals surface area contributed by atoms with Crippen LogP contribution in [-0.2, 0) is 14.3 Å². The minimum atomic E-state index is -0.558. The lowest BCUT2D eigenvalue weighted by Gasteiger charge is -2.14. The van der Waals surface area contributed by atoms with Crippen LogP contribution in [0.25, 0.3) is 6.08 Å². The average molecular weight is 571 g/mol. The van der Waals surface area contributed by atoms with Crippen LogP contribution in [0.1, 0.15) is 19.4 Å². The Bertz CT molecular complexity index is 1070. The van der Waals surface area contributed by atoms with Gasteiger partial charge in [0.25, 0.3) is 5.91 Å². The number of urea groups is 1. The number of amides is 3. The van der Waals surface area contributed by atoms with Crippen LogP contribution in [0.4, 0.5) is 10.5 Å². The summed E-state index contributed by atoms with van der Waals surface area (Å²) in [6.45, 7) is 3.91. The Morgan fingerprint density at radius 1 is 1.12 bits per heavy atom. The van der Waals surface area contributed by atoms with E-state index in [0.29, 0.717) is 37.9 Å². The molecule has 8 nitrogen and oxygen atoms in total. The number of nitrogens with zero attached hydrogens (tertiary/aromatic N) is 1. The van der Waals surface area contributed by atoms with E-state index in [4.69, 9.17) is 25.8 Å². The fourth-order valence-corrected chi connectivity index (χ4v) is 3.84. The van der Waals surface area contributed by atoms with Gasteiger partial charge in [-0.15, -0.1) is 0 Å². The zero-order chi connectivity index (χ0) is 23.3. The minimum Gasteiger partial charge on any atom is -0.490 e. The monoisotopic (exact) mass is 570 g/mol. The Morgan fingerprint density at radius 3 is 2.50 bits per heavy atom. The first-order valence-corrected chi connectivity index (χ1v) is 11.2. The van der Waals surface area contributed by atoms with Crippen LogP contribution in [0.3, 0.4) is 0 Å². The van der Waals surface area contributed by atoms with Crippen molar-refractivity contribution < 1.29 is 28.6 Å². The Hall–Kier alpha value is -2.79. The highest BCUT2D eigenvalue weighted by Crippen LogP contribution is 2.35. The first-order valence-electron chi connectivity index (χ1n) is 9.71. The Morgan fingerprint density at radius 2 is 1.84 bits per heavy atom. The summed E-state index contributed by atoms with van der Waals surface area (Å²) in [4.78, 5) is 37.9. The zero-order valence-corrected chi connectivity index (χ0v) is 20.2. The smallest absolute Gasteiger partial charge is 0.344 e. The van der Waals surface area contributed by atoms with Gasteiger partial charge in [-0.2, -0.15) is 0 Å². The number of ether oxygens (including phenoxy) is 3. The maximum Gasteiger partial charge on any atom is 0.344 e. The molecule has 2 aromatic rings.